The summed E-state index contributed by atoms with van der Waals surface area (Å²) >= 11 is 5.99. The van der Waals surface area contributed by atoms with Crippen molar-refractivity contribution in [2.75, 3.05) is 26.2 Å². The largest absolute Gasteiger partial charge is 0.371 e. The summed E-state index contributed by atoms with van der Waals surface area (Å²) in [6, 6.07) is 7.98. The lowest BCUT2D eigenvalue weighted by Crippen LogP contribution is -2.38. The molecule has 3 heteroatoms. The minimum atomic E-state index is 0.180. The molecule has 2 nitrogen and oxygen atoms in total. The first-order valence-electron chi connectivity index (χ1n) is 5.89. The van der Waals surface area contributed by atoms with E-state index in [2.05, 4.69) is 17.9 Å². The number of rotatable bonds is 3. The van der Waals surface area contributed by atoms with E-state index in [-0.39, 0.29) is 6.10 Å². The highest BCUT2D eigenvalue weighted by molar-refractivity contribution is 6.30. The minimum Gasteiger partial charge on any atom is -0.371 e. The lowest BCUT2D eigenvalue weighted by Gasteiger charge is -2.32. The molecule has 1 heterocycles. The van der Waals surface area contributed by atoms with Gasteiger partial charge in [0.1, 0.15) is 0 Å². The molecule has 2 rings (SSSR count). The zero-order chi connectivity index (χ0) is 11.4. The molecule has 1 aromatic rings. The third-order valence-electron chi connectivity index (χ3n) is 2.91. The van der Waals surface area contributed by atoms with Crippen molar-refractivity contribution >= 4 is 11.6 Å². The maximum Gasteiger partial charge on any atom is 0.0952 e. The number of halogens is 1. The number of hydrogen-bond donors (Lipinski definition) is 0. The number of hydrogen-bond acceptors (Lipinski definition) is 2. The van der Waals surface area contributed by atoms with Crippen molar-refractivity contribution < 1.29 is 4.74 Å². The van der Waals surface area contributed by atoms with Gasteiger partial charge in [0.25, 0.3) is 0 Å². The minimum absolute atomic E-state index is 0.180. The molecular formula is C13H18ClNO. The molecule has 1 unspecified atom stereocenters. The zero-order valence-electron chi connectivity index (χ0n) is 9.66. The molecule has 1 fully saturated rings. The summed E-state index contributed by atoms with van der Waals surface area (Å²) in [5.41, 5.74) is 1.19. The van der Waals surface area contributed by atoms with Crippen LogP contribution in [0.1, 0.15) is 25.0 Å². The van der Waals surface area contributed by atoms with E-state index in [9.17, 15) is 0 Å². The number of ether oxygens (including phenoxy) is 1. The highest BCUT2D eigenvalue weighted by Crippen LogP contribution is 2.24. The third-order valence-corrected chi connectivity index (χ3v) is 3.15. The van der Waals surface area contributed by atoms with Crippen LogP contribution >= 0.6 is 11.6 Å². The predicted octanol–water partition coefficient (Wildman–Crippen LogP) is 3.12. The van der Waals surface area contributed by atoms with Gasteiger partial charge < -0.3 is 4.74 Å². The summed E-state index contributed by atoms with van der Waals surface area (Å²) in [6.07, 6.45) is 1.38. The average Bonchev–Trinajstić information content (AvgIpc) is 2.30. The van der Waals surface area contributed by atoms with Gasteiger partial charge in [0.2, 0.25) is 0 Å². The maximum atomic E-state index is 5.99. The Kier molecular flexibility index (Phi) is 4.22. The van der Waals surface area contributed by atoms with Gasteiger partial charge in [0.15, 0.2) is 0 Å². The van der Waals surface area contributed by atoms with Crippen LogP contribution in [0.5, 0.6) is 0 Å². The fourth-order valence-electron chi connectivity index (χ4n) is 2.13. The first-order valence-corrected chi connectivity index (χ1v) is 6.27. The van der Waals surface area contributed by atoms with Crippen molar-refractivity contribution in [1.29, 1.82) is 0 Å². The number of benzene rings is 1. The molecule has 1 saturated heterocycles. The van der Waals surface area contributed by atoms with Gasteiger partial charge in [-0.15, -0.1) is 0 Å². The monoisotopic (exact) mass is 239 g/mol. The molecular weight excluding hydrogens is 222 g/mol. The smallest absolute Gasteiger partial charge is 0.0952 e. The summed E-state index contributed by atoms with van der Waals surface area (Å²) in [4.78, 5) is 2.45. The molecule has 0 spiro atoms. The molecule has 0 saturated carbocycles. The molecule has 0 aliphatic carbocycles. The fourth-order valence-corrected chi connectivity index (χ4v) is 2.33. The highest BCUT2D eigenvalue weighted by Gasteiger charge is 2.21. The van der Waals surface area contributed by atoms with E-state index in [1.165, 1.54) is 12.0 Å². The van der Waals surface area contributed by atoms with Crippen molar-refractivity contribution in [2.45, 2.75) is 19.4 Å². The summed E-state index contributed by atoms with van der Waals surface area (Å²) in [6.45, 7) is 6.21. The van der Waals surface area contributed by atoms with Gasteiger partial charge in [-0.3, -0.25) is 4.90 Å². The summed E-state index contributed by atoms with van der Waals surface area (Å²) in [5, 5.41) is 0.786. The van der Waals surface area contributed by atoms with E-state index < -0.39 is 0 Å². The molecule has 1 aromatic carbocycles. The van der Waals surface area contributed by atoms with Crippen LogP contribution in [-0.4, -0.2) is 31.1 Å². The Labute approximate surface area is 102 Å². The van der Waals surface area contributed by atoms with Crippen LogP contribution in [0.15, 0.2) is 24.3 Å². The Bertz CT molecular complexity index is 340. The SMILES string of the molecule is CCCN1CCOC(c2cccc(Cl)c2)C1. The van der Waals surface area contributed by atoms with Gasteiger partial charge in [0.05, 0.1) is 12.7 Å². The van der Waals surface area contributed by atoms with Gasteiger partial charge in [-0.25, -0.2) is 0 Å². The molecule has 1 aliphatic heterocycles. The molecule has 1 atom stereocenters. The van der Waals surface area contributed by atoms with Crippen LogP contribution in [0.2, 0.25) is 5.02 Å². The van der Waals surface area contributed by atoms with Crippen LogP contribution in [-0.2, 0) is 4.74 Å². The molecule has 0 N–H and O–H groups in total. The van der Waals surface area contributed by atoms with E-state index in [1.807, 2.05) is 18.2 Å². The maximum absolute atomic E-state index is 5.99. The molecule has 1 aliphatic rings. The Morgan fingerprint density at radius 2 is 2.38 bits per heavy atom. The van der Waals surface area contributed by atoms with E-state index in [0.29, 0.717) is 0 Å². The first kappa shape index (κ1) is 11.9. The quantitative estimate of drug-likeness (QED) is 0.804. The lowest BCUT2D eigenvalue weighted by atomic mass is 10.1. The van der Waals surface area contributed by atoms with E-state index in [1.54, 1.807) is 0 Å². The molecule has 0 bridgehead atoms. The number of nitrogens with zero attached hydrogens (tertiary/aromatic N) is 1. The van der Waals surface area contributed by atoms with Crippen LogP contribution in [0, 0.1) is 0 Å². The van der Waals surface area contributed by atoms with E-state index in [0.717, 1.165) is 31.3 Å². The topological polar surface area (TPSA) is 12.5 Å². The Balaban J connectivity index is 2.03. The van der Waals surface area contributed by atoms with Crippen LogP contribution in [0.3, 0.4) is 0 Å². The Hall–Kier alpha value is -0.570. The zero-order valence-corrected chi connectivity index (χ0v) is 10.4. The Morgan fingerprint density at radius 3 is 3.12 bits per heavy atom. The average molecular weight is 240 g/mol. The third kappa shape index (κ3) is 2.97. The summed E-state index contributed by atoms with van der Waals surface area (Å²) in [7, 11) is 0. The fraction of sp³-hybridized carbons (Fsp3) is 0.538. The van der Waals surface area contributed by atoms with Crippen molar-refractivity contribution in [3.05, 3.63) is 34.9 Å². The van der Waals surface area contributed by atoms with Crippen LogP contribution in [0.4, 0.5) is 0 Å². The second kappa shape index (κ2) is 5.67. The lowest BCUT2D eigenvalue weighted by molar-refractivity contribution is -0.0298. The summed E-state index contributed by atoms with van der Waals surface area (Å²) < 4.78 is 5.80. The van der Waals surface area contributed by atoms with E-state index in [4.69, 9.17) is 16.3 Å². The highest BCUT2D eigenvalue weighted by atomic mass is 35.5. The van der Waals surface area contributed by atoms with E-state index >= 15 is 0 Å². The first-order chi connectivity index (χ1) is 7.79. The van der Waals surface area contributed by atoms with Crippen molar-refractivity contribution in [1.82, 2.24) is 4.90 Å². The predicted molar refractivity (Wildman–Crippen MR) is 66.9 cm³/mol. The molecule has 88 valence electrons. The van der Waals surface area contributed by atoms with Crippen molar-refractivity contribution in [3.8, 4) is 0 Å². The van der Waals surface area contributed by atoms with Gasteiger partial charge in [-0.05, 0) is 30.7 Å². The standard InChI is InChI=1S/C13H18ClNO/c1-2-6-15-7-8-16-13(10-15)11-4-3-5-12(14)9-11/h3-5,9,13H,2,6-8,10H2,1H3. The molecule has 0 amide bonds. The molecule has 16 heavy (non-hydrogen) atoms. The molecule has 0 aromatic heterocycles. The van der Waals surface area contributed by atoms with Gasteiger partial charge in [-0.1, -0.05) is 30.7 Å². The second-order valence-corrected chi connectivity index (χ2v) is 4.65. The van der Waals surface area contributed by atoms with Crippen LogP contribution < -0.4 is 0 Å². The second-order valence-electron chi connectivity index (χ2n) is 4.22. The normalized spacial score (nSPS) is 22.2. The molecule has 0 radical (unpaired) electrons. The Morgan fingerprint density at radius 1 is 1.50 bits per heavy atom. The van der Waals surface area contributed by atoms with Gasteiger partial charge in [0, 0.05) is 18.1 Å². The van der Waals surface area contributed by atoms with Crippen LogP contribution in [0.25, 0.3) is 0 Å². The van der Waals surface area contributed by atoms with Crippen molar-refractivity contribution in [3.63, 3.8) is 0 Å². The van der Waals surface area contributed by atoms with Crippen molar-refractivity contribution in [2.24, 2.45) is 0 Å². The number of morpholine rings is 1. The summed E-state index contributed by atoms with van der Waals surface area (Å²) in [5.74, 6) is 0. The van der Waals surface area contributed by atoms with Gasteiger partial charge in [-0.2, -0.15) is 0 Å². The van der Waals surface area contributed by atoms with Gasteiger partial charge >= 0.3 is 0 Å².